The van der Waals surface area contributed by atoms with Crippen molar-refractivity contribution >= 4 is 39.0 Å². The van der Waals surface area contributed by atoms with Crippen LogP contribution in [0.1, 0.15) is 43.4 Å². The summed E-state index contributed by atoms with van der Waals surface area (Å²) in [6, 6.07) is 0.0737. The number of anilines is 2. The highest BCUT2D eigenvalue weighted by molar-refractivity contribution is 9.10. The Bertz CT molecular complexity index is 584. The molecule has 2 aromatic rings. The lowest BCUT2D eigenvalue weighted by molar-refractivity contribution is 0.793. The topological polar surface area (TPSA) is 62.7 Å². The Labute approximate surface area is 131 Å². The van der Waals surface area contributed by atoms with Crippen LogP contribution in [0.25, 0.3) is 0 Å². The van der Waals surface area contributed by atoms with Gasteiger partial charge in [0.2, 0.25) is 5.95 Å². The van der Waals surface area contributed by atoms with Crippen molar-refractivity contribution in [1.29, 1.82) is 0 Å². The summed E-state index contributed by atoms with van der Waals surface area (Å²) < 4.78 is 0.842. The van der Waals surface area contributed by atoms with Crippen LogP contribution >= 0.6 is 27.3 Å². The molecule has 0 saturated carbocycles. The fraction of sp³-hybridized carbons (Fsp3) is 0.462. The van der Waals surface area contributed by atoms with E-state index in [9.17, 15) is 0 Å². The zero-order chi connectivity index (χ0) is 14.7. The van der Waals surface area contributed by atoms with Crippen molar-refractivity contribution in [3.63, 3.8) is 0 Å². The Kier molecular flexibility index (Phi) is 4.93. The van der Waals surface area contributed by atoms with E-state index in [1.54, 1.807) is 17.5 Å². The second-order valence-corrected chi connectivity index (χ2v) is 6.52. The van der Waals surface area contributed by atoms with Gasteiger partial charge in [-0.3, -0.25) is 0 Å². The number of hydrogen-bond donors (Lipinski definition) is 2. The van der Waals surface area contributed by atoms with Gasteiger partial charge in [0.15, 0.2) is 0 Å². The summed E-state index contributed by atoms with van der Waals surface area (Å²) in [5.74, 6) is 1.81. The molecule has 0 aliphatic carbocycles. The largest absolute Gasteiger partial charge is 0.372 e. The predicted molar refractivity (Wildman–Crippen MR) is 87.5 cm³/mol. The molecule has 0 aliphatic heterocycles. The molecular formula is C13H18BrN5S. The van der Waals surface area contributed by atoms with E-state index in [0.29, 0.717) is 11.9 Å². The minimum atomic E-state index is 0.0737. The van der Waals surface area contributed by atoms with Crippen LogP contribution in [0.3, 0.4) is 0 Å². The molecule has 2 rings (SSSR count). The summed E-state index contributed by atoms with van der Waals surface area (Å²) in [5.41, 5.74) is 1.02. The van der Waals surface area contributed by atoms with Crippen molar-refractivity contribution < 1.29 is 0 Å². The van der Waals surface area contributed by atoms with Gasteiger partial charge in [-0.05, 0) is 22.9 Å². The Morgan fingerprint density at radius 2 is 2.00 bits per heavy atom. The van der Waals surface area contributed by atoms with Crippen molar-refractivity contribution in [3.05, 3.63) is 26.8 Å². The smallest absolute Gasteiger partial charge is 0.225 e. The minimum absolute atomic E-state index is 0.0737. The van der Waals surface area contributed by atoms with Gasteiger partial charge in [-0.25, -0.2) is 9.97 Å². The van der Waals surface area contributed by atoms with Gasteiger partial charge in [0.25, 0.3) is 0 Å². The number of aromatic nitrogens is 3. The Morgan fingerprint density at radius 1 is 1.25 bits per heavy atom. The zero-order valence-electron chi connectivity index (χ0n) is 11.9. The van der Waals surface area contributed by atoms with Crippen LogP contribution in [0.15, 0.2) is 16.0 Å². The van der Waals surface area contributed by atoms with Crippen LogP contribution in [-0.2, 0) is 0 Å². The SMILES string of the molecule is CNc1nc(NC(C)c2csc(C(C)C)n2)ncc1Br. The molecule has 2 aromatic heterocycles. The maximum absolute atomic E-state index is 4.64. The summed E-state index contributed by atoms with van der Waals surface area (Å²) >= 11 is 5.09. The Morgan fingerprint density at radius 3 is 2.60 bits per heavy atom. The third-order valence-corrected chi connectivity index (χ3v) is 4.55. The van der Waals surface area contributed by atoms with Crippen molar-refractivity contribution in [2.75, 3.05) is 17.7 Å². The van der Waals surface area contributed by atoms with Crippen molar-refractivity contribution in [2.24, 2.45) is 0 Å². The van der Waals surface area contributed by atoms with Gasteiger partial charge >= 0.3 is 0 Å². The molecule has 5 nitrogen and oxygen atoms in total. The fourth-order valence-electron chi connectivity index (χ4n) is 1.64. The first-order valence-corrected chi connectivity index (χ1v) is 8.10. The molecule has 0 fully saturated rings. The fourth-order valence-corrected chi connectivity index (χ4v) is 2.96. The first-order valence-electron chi connectivity index (χ1n) is 6.43. The van der Waals surface area contributed by atoms with E-state index in [1.807, 2.05) is 7.05 Å². The van der Waals surface area contributed by atoms with Gasteiger partial charge in [-0.15, -0.1) is 11.3 Å². The van der Waals surface area contributed by atoms with E-state index in [0.717, 1.165) is 21.0 Å². The Balaban J connectivity index is 2.12. The van der Waals surface area contributed by atoms with Crippen LogP contribution in [0.5, 0.6) is 0 Å². The molecule has 0 radical (unpaired) electrons. The number of hydrogen-bond acceptors (Lipinski definition) is 6. The van der Waals surface area contributed by atoms with Crippen LogP contribution in [0.4, 0.5) is 11.8 Å². The molecule has 108 valence electrons. The summed E-state index contributed by atoms with van der Waals surface area (Å²) in [6.07, 6.45) is 1.73. The lowest BCUT2D eigenvalue weighted by Gasteiger charge is -2.12. The molecule has 2 heterocycles. The quantitative estimate of drug-likeness (QED) is 0.847. The summed E-state index contributed by atoms with van der Waals surface area (Å²) in [6.45, 7) is 6.36. The second-order valence-electron chi connectivity index (χ2n) is 4.77. The highest BCUT2D eigenvalue weighted by Gasteiger charge is 2.13. The lowest BCUT2D eigenvalue weighted by atomic mass is 10.2. The number of halogens is 1. The van der Waals surface area contributed by atoms with Crippen molar-refractivity contribution in [3.8, 4) is 0 Å². The number of nitrogens with zero attached hydrogens (tertiary/aromatic N) is 3. The summed E-state index contributed by atoms with van der Waals surface area (Å²) in [4.78, 5) is 13.3. The molecule has 7 heteroatoms. The van der Waals surface area contributed by atoms with Crippen LogP contribution in [0, 0.1) is 0 Å². The van der Waals surface area contributed by atoms with Crippen LogP contribution in [-0.4, -0.2) is 22.0 Å². The van der Waals surface area contributed by atoms with Gasteiger partial charge in [-0.2, -0.15) is 4.98 Å². The third-order valence-electron chi connectivity index (χ3n) is 2.80. The monoisotopic (exact) mass is 355 g/mol. The molecule has 0 aromatic carbocycles. The second kappa shape index (κ2) is 6.49. The van der Waals surface area contributed by atoms with Gasteiger partial charge in [0.05, 0.1) is 21.2 Å². The normalized spacial score (nSPS) is 12.5. The minimum Gasteiger partial charge on any atom is -0.372 e. The summed E-state index contributed by atoms with van der Waals surface area (Å²) in [7, 11) is 1.83. The van der Waals surface area contributed by atoms with Gasteiger partial charge in [0, 0.05) is 24.5 Å². The average molecular weight is 356 g/mol. The predicted octanol–water partition coefficient (Wildman–Crippen LogP) is 4.03. The maximum Gasteiger partial charge on any atom is 0.225 e. The van der Waals surface area contributed by atoms with E-state index in [2.05, 4.69) is 67.7 Å². The van der Waals surface area contributed by atoms with E-state index < -0.39 is 0 Å². The van der Waals surface area contributed by atoms with E-state index in [4.69, 9.17) is 0 Å². The standard InChI is InChI=1S/C13H18BrN5S/c1-7(2)12-18-10(6-20-12)8(3)17-13-16-5-9(14)11(15-4)19-13/h5-8H,1-4H3,(H2,15,16,17,19). The van der Waals surface area contributed by atoms with E-state index in [-0.39, 0.29) is 6.04 Å². The first-order chi connectivity index (χ1) is 9.51. The lowest BCUT2D eigenvalue weighted by Crippen LogP contribution is -2.11. The number of thiazole rings is 1. The molecule has 0 bridgehead atoms. The summed E-state index contributed by atoms with van der Waals surface area (Å²) in [5, 5.41) is 9.53. The van der Waals surface area contributed by atoms with Gasteiger partial charge < -0.3 is 10.6 Å². The Hall–Kier alpha value is -1.21. The molecule has 1 unspecified atom stereocenters. The first kappa shape index (κ1) is 15.2. The molecule has 0 aliphatic rings. The molecule has 20 heavy (non-hydrogen) atoms. The number of nitrogens with one attached hydrogen (secondary N) is 2. The van der Waals surface area contributed by atoms with Crippen molar-refractivity contribution in [2.45, 2.75) is 32.7 Å². The molecule has 1 atom stereocenters. The zero-order valence-corrected chi connectivity index (χ0v) is 14.3. The van der Waals surface area contributed by atoms with Crippen LogP contribution in [0.2, 0.25) is 0 Å². The molecule has 0 amide bonds. The van der Waals surface area contributed by atoms with E-state index >= 15 is 0 Å². The molecule has 0 saturated heterocycles. The average Bonchev–Trinajstić information content (AvgIpc) is 2.91. The molecule has 0 spiro atoms. The number of rotatable bonds is 5. The van der Waals surface area contributed by atoms with E-state index in [1.165, 1.54) is 0 Å². The van der Waals surface area contributed by atoms with Crippen LogP contribution < -0.4 is 10.6 Å². The van der Waals surface area contributed by atoms with Crippen molar-refractivity contribution in [1.82, 2.24) is 15.0 Å². The highest BCUT2D eigenvalue weighted by atomic mass is 79.9. The van der Waals surface area contributed by atoms with Gasteiger partial charge in [0.1, 0.15) is 5.82 Å². The maximum atomic E-state index is 4.64. The highest BCUT2D eigenvalue weighted by Crippen LogP contribution is 2.25. The van der Waals surface area contributed by atoms with Gasteiger partial charge in [-0.1, -0.05) is 13.8 Å². The third kappa shape index (κ3) is 3.46. The molecular weight excluding hydrogens is 338 g/mol. The molecule has 2 N–H and O–H groups in total.